The SMILES string of the molecule is CCCn1ccc2c(N)nccc21. The molecule has 3 heteroatoms. The van der Waals surface area contributed by atoms with Crippen LogP contribution in [0.1, 0.15) is 13.3 Å². The standard InChI is InChI=1S/C10H13N3/c1-2-6-13-7-4-8-9(13)3-5-12-10(8)11/h3-5,7H,2,6H2,1H3,(H2,11,12). The first-order valence-corrected chi connectivity index (χ1v) is 4.52. The third kappa shape index (κ3) is 1.26. The molecule has 2 heterocycles. The second-order valence-corrected chi connectivity index (χ2v) is 3.14. The molecule has 0 radical (unpaired) electrons. The van der Waals surface area contributed by atoms with Gasteiger partial charge in [0.2, 0.25) is 0 Å². The molecule has 2 N–H and O–H groups in total. The van der Waals surface area contributed by atoms with Gasteiger partial charge in [0.25, 0.3) is 0 Å². The molecular weight excluding hydrogens is 162 g/mol. The van der Waals surface area contributed by atoms with Gasteiger partial charge in [0.05, 0.1) is 5.52 Å². The van der Waals surface area contributed by atoms with Gasteiger partial charge in [0.1, 0.15) is 5.82 Å². The molecule has 0 spiro atoms. The molecule has 0 amide bonds. The van der Waals surface area contributed by atoms with Gasteiger partial charge in [-0.1, -0.05) is 6.92 Å². The summed E-state index contributed by atoms with van der Waals surface area (Å²) >= 11 is 0. The Labute approximate surface area is 77.2 Å². The second-order valence-electron chi connectivity index (χ2n) is 3.14. The minimum atomic E-state index is 0.618. The Morgan fingerprint density at radius 1 is 1.46 bits per heavy atom. The van der Waals surface area contributed by atoms with Crippen molar-refractivity contribution in [2.45, 2.75) is 19.9 Å². The largest absolute Gasteiger partial charge is 0.383 e. The first-order chi connectivity index (χ1) is 6.33. The number of hydrogen-bond acceptors (Lipinski definition) is 2. The highest BCUT2D eigenvalue weighted by atomic mass is 15.0. The number of hydrogen-bond donors (Lipinski definition) is 1. The maximum Gasteiger partial charge on any atom is 0.132 e. The summed E-state index contributed by atoms with van der Waals surface area (Å²) in [7, 11) is 0. The minimum Gasteiger partial charge on any atom is -0.383 e. The number of aromatic nitrogens is 2. The van der Waals surface area contributed by atoms with E-state index in [1.165, 1.54) is 5.52 Å². The van der Waals surface area contributed by atoms with Gasteiger partial charge in [-0.3, -0.25) is 0 Å². The monoisotopic (exact) mass is 175 g/mol. The summed E-state index contributed by atoms with van der Waals surface area (Å²) in [5.41, 5.74) is 6.92. The highest BCUT2D eigenvalue weighted by Crippen LogP contribution is 2.19. The van der Waals surface area contributed by atoms with E-state index >= 15 is 0 Å². The molecule has 13 heavy (non-hydrogen) atoms. The first kappa shape index (κ1) is 8.10. The molecule has 2 aromatic heterocycles. The van der Waals surface area contributed by atoms with E-state index in [1.54, 1.807) is 6.20 Å². The van der Waals surface area contributed by atoms with Gasteiger partial charge in [0, 0.05) is 24.3 Å². The molecule has 3 nitrogen and oxygen atoms in total. The van der Waals surface area contributed by atoms with E-state index in [9.17, 15) is 0 Å². The number of nitrogens with two attached hydrogens (primary N) is 1. The molecule has 0 saturated heterocycles. The van der Waals surface area contributed by atoms with Crippen molar-refractivity contribution in [2.75, 3.05) is 5.73 Å². The molecule has 0 bridgehead atoms. The van der Waals surface area contributed by atoms with E-state index in [0.29, 0.717) is 5.82 Å². The Bertz CT molecular complexity index is 417. The summed E-state index contributed by atoms with van der Waals surface area (Å²) in [6.45, 7) is 3.20. The second kappa shape index (κ2) is 3.09. The molecule has 0 fully saturated rings. The van der Waals surface area contributed by atoms with Gasteiger partial charge in [-0.25, -0.2) is 4.98 Å². The van der Waals surface area contributed by atoms with Gasteiger partial charge in [-0.2, -0.15) is 0 Å². The Morgan fingerprint density at radius 2 is 2.31 bits per heavy atom. The van der Waals surface area contributed by atoms with Crippen molar-refractivity contribution in [1.82, 2.24) is 9.55 Å². The quantitative estimate of drug-likeness (QED) is 0.759. The zero-order valence-electron chi connectivity index (χ0n) is 7.70. The van der Waals surface area contributed by atoms with Crippen LogP contribution in [0.3, 0.4) is 0 Å². The summed E-state index contributed by atoms with van der Waals surface area (Å²) in [5, 5.41) is 1.05. The summed E-state index contributed by atoms with van der Waals surface area (Å²) in [4.78, 5) is 4.05. The van der Waals surface area contributed by atoms with E-state index in [1.807, 2.05) is 12.1 Å². The van der Waals surface area contributed by atoms with Crippen molar-refractivity contribution in [1.29, 1.82) is 0 Å². The third-order valence-electron chi connectivity index (χ3n) is 2.19. The lowest BCUT2D eigenvalue weighted by molar-refractivity contribution is 0.703. The molecule has 2 rings (SSSR count). The van der Waals surface area contributed by atoms with Crippen LogP contribution in [0.2, 0.25) is 0 Å². The maximum atomic E-state index is 5.74. The summed E-state index contributed by atoms with van der Waals surface area (Å²) in [6, 6.07) is 4.02. The smallest absolute Gasteiger partial charge is 0.132 e. The van der Waals surface area contributed by atoms with Gasteiger partial charge < -0.3 is 10.3 Å². The lowest BCUT2D eigenvalue weighted by atomic mass is 10.3. The van der Waals surface area contributed by atoms with E-state index in [2.05, 4.69) is 22.7 Å². The van der Waals surface area contributed by atoms with Crippen molar-refractivity contribution < 1.29 is 0 Å². The third-order valence-corrected chi connectivity index (χ3v) is 2.19. The number of rotatable bonds is 2. The van der Waals surface area contributed by atoms with Gasteiger partial charge >= 0.3 is 0 Å². The molecule has 2 aromatic rings. The fraction of sp³-hybridized carbons (Fsp3) is 0.300. The molecule has 68 valence electrons. The van der Waals surface area contributed by atoms with Crippen LogP contribution in [0.15, 0.2) is 24.5 Å². The predicted molar refractivity (Wildman–Crippen MR) is 54.4 cm³/mol. The number of fused-ring (bicyclic) bond motifs is 1. The molecule has 0 aromatic carbocycles. The number of pyridine rings is 1. The fourth-order valence-electron chi connectivity index (χ4n) is 1.58. The topological polar surface area (TPSA) is 43.8 Å². The van der Waals surface area contributed by atoms with E-state index < -0.39 is 0 Å². The lowest BCUT2D eigenvalue weighted by Crippen LogP contribution is -1.95. The fourth-order valence-corrected chi connectivity index (χ4v) is 1.58. The summed E-state index contributed by atoms with van der Waals surface area (Å²) in [5.74, 6) is 0.618. The number of aryl methyl sites for hydroxylation is 1. The molecule has 0 aliphatic rings. The van der Waals surface area contributed by atoms with E-state index in [4.69, 9.17) is 5.73 Å². The molecule has 0 unspecified atom stereocenters. The van der Waals surface area contributed by atoms with Crippen molar-refractivity contribution in [3.05, 3.63) is 24.5 Å². The van der Waals surface area contributed by atoms with Crippen molar-refractivity contribution >= 4 is 16.7 Å². The van der Waals surface area contributed by atoms with Crippen LogP contribution in [0, 0.1) is 0 Å². The Kier molecular flexibility index (Phi) is 1.93. The maximum absolute atomic E-state index is 5.74. The predicted octanol–water partition coefficient (Wildman–Crippen LogP) is 2.03. The van der Waals surface area contributed by atoms with Crippen molar-refractivity contribution in [3.8, 4) is 0 Å². The van der Waals surface area contributed by atoms with Crippen LogP contribution in [-0.4, -0.2) is 9.55 Å². The number of anilines is 1. The van der Waals surface area contributed by atoms with Crippen LogP contribution >= 0.6 is 0 Å². The zero-order chi connectivity index (χ0) is 9.26. The molecule has 0 atom stereocenters. The van der Waals surface area contributed by atoms with E-state index in [-0.39, 0.29) is 0 Å². The summed E-state index contributed by atoms with van der Waals surface area (Å²) in [6.07, 6.45) is 4.95. The van der Waals surface area contributed by atoms with Crippen molar-refractivity contribution in [3.63, 3.8) is 0 Å². The molecule has 0 aliphatic heterocycles. The Balaban J connectivity index is 2.61. The van der Waals surface area contributed by atoms with Crippen LogP contribution < -0.4 is 5.73 Å². The molecular formula is C10H13N3. The van der Waals surface area contributed by atoms with Gasteiger partial charge in [-0.15, -0.1) is 0 Å². The zero-order valence-corrected chi connectivity index (χ0v) is 7.70. The Morgan fingerprint density at radius 3 is 3.08 bits per heavy atom. The minimum absolute atomic E-state index is 0.618. The van der Waals surface area contributed by atoms with Gasteiger partial charge in [-0.05, 0) is 18.6 Å². The normalized spacial score (nSPS) is 10.8. The molecule has 0 saturated carbocycles. The van der Waals surface area contributed by atoms with Crippen molar-refractivity contribution in [2.24, 2.45) is 0 Å². The highest BCUT2D eigenvalue weighted by molar-refractivity contribution is 5.88. The average Bonchev–Trinajstić information content (AvgIpc) is 2.51. The highest BCUT2D eigenvalue weighted by Gasteiger charge is 2.02. The first-order valence-electron chi connectivity index (χ1n) is 4.52. The van der Waals surface area contributed by atoms with Crippen LogP contribution in [-0.2, 0) is 6.54 Å². The number of nitrogen functional groups attached to an aromatic ring is 1. The van der Waals surface area contributed by atoms with Crippen LogP contribution in [0.5, 0.6) is 0 Å². The van der Waals surface area contributed by atoms with Gasteiger partial charge in [0.15, 0.2) is 0 Å². The van der Waals surface area contributed by atoms with Crippen LogP contribution in [0.4, 0.5) is 5.82 Å². The molecule has 0 aliphatic carbocycles. The Hall–Kier alpha value is -1.51. The van der Waals surface area contributed by atoms with E-state index in [0.717, 1.165) is 18.4 Å². The number of nitrogens with zero attached hydrogens (tertiary/aromatic N) is 2. The average molecular weight is 175 g/mol. The summed E-state index contributed by atoms with van der Waals surface area (Å²) < 4.78 is 2.20. The lowest BCUT2D eigenvalue weighted by Gasteiger charge is -2.02. The van der Waals surface area contributed by atoms with Crippen LogP contribution in [0.25, 0.3) is 10.9 Å².